The Morgan fingerprint density at radius 3 is 2.82 bits per heavy atom. The van der Waals surface area contributed by atoms with Crippen LogP contribution in [0.4, 0.5) is 5.95 Å². The molecule has 0 aliphatic carbocycles. The van der Waals surface area contributed by atoms with Gasteiger partial charge in [0.05, 0.1) is 7.98 Å². The summed E-state index contributed by atoms with van der Waals surface area (Å²) in [5.41, 5.74) is 4.24. The number of anilines is 1. The van der Waals surface area contributed by atoms with Crippen molar-refractivity contribution >= 4 is 5.95 Å². The van der Waals surface area contributed by atoms with Gasteiger partial charge in [0, 0.05) is 0 Å². The Bertz CT molecular complexity index is 511. The molecule has 1 aromatic heterocycles. The van der Waals surface area contributed by atoms with E-state index < -0.39 is 36.8 Å². The molecule has 17 heavy (non-hydrogen) atoms. The minimum atomic E-state index is -2.31. The van der Waals surface area contributed by atoms with Gasteiger partial charge in [0.15, 0.2) is 6.20 Å². The molecule has 9 nitrogen and oxygen atoms in total. The number of rotatable bonds is 2. The van der Waals surface area contributed by atoms with Crippen molar-refractivity contribution in [3.8, 4) is 0 Å². The Morgan fingerprint density at radius 1 is 1.59 bits per heavy atom. The highest BCUT2D eigenvalue weighted by Gasteiger charge is 2.43. The van der Waals surface area contributed by atoms with E-state index in [2.05, 4.69) is 9.97 Å². The van der Waals surface area contributed by atoms with Gasteiger partial charge >= 0.3 is 5.69 Å². The number of aliphatic hydroxyl groups excluding tert-OH is 3. The van der Waals surface area contributed by atoms with Crippen molar-refractivity contribution in [2.45, 2.75) is 24.5 Å². The molecular weight excluding hydrogens is 232 g/mol. The Kier molecular flexibility index (Phi) is 2.73. The number of aliphatic hydroxyl groups is 3. The maximum absolute atomic E-state index is 11.6. The number of hydrogen-bond donors (Lipinski definition) is 4. The maximum atomic E-state index is 11.6. The van der Waals surface area contributed by atoms with Gasteiger partial charge in [-0.05, 0) is 0 Å². The lowest BCUT2D eigenvalue weighted by Gasteiger charge is -2.16. The molecule has 1 unspecified atom stereocenters. The maximum Gasteiger partial charge on any atom is 0.354 e. The topological polar surface area (TPSA) is 144 Å². The van der Waals surface area contributed by atoms with E-state index in [1.807, 2.05) is 0 Å². The molecule has 2 rings (SSSR count). The van der Waals surface area contributed by atoms with E-state index in [0.29, 0.717) is 4.57 Å². The Balaban J connectivity index is 2.46. The minimum Gasteiger partial charge on any atom is -0.394 e. The van der Waals surface area contributed by atoms with Crippen LogP contribution in [0, 0.1) is 0 Å². The van der Waals surface area contributed by atoms with Gasteiger partial charge in [-0.3, -0.25) is 4.57 Å². The number of hydrogen-bond acceptors (Lipinski definition) is 8. The third-order valence-corrected chi connectivity index (χ3v) is 2.37. The Hall–Kier alpha value is -1.55. The average Bonchev–Trinajstić information content (AvgIpc) is 2.54. The highest BCUT2D eigenvalue weighted by atomic mass is 16.6. The molecule has 1 aliphatic heterocycles. The minimum absolute atomic E-state index is 0.286. The second-order valence-corrected chi connectivity index (χ2v) is 3.48. The van der Waals surface area contributed by atoms with Crippen molar-refractivity contribution in [1.29, 1.82) is 0 Å². The SMILES string of the molecule is [2H][C@@]1(n2cnc(N)nc2=O)O[C@H](CO)C(O)[C@@H]1O. The van der Waals surface area contributed by atoms with Crippen LogP contribution in [0.1, 0.15) is 7.57 Å². The quantitative estimate of drug-likeness (QED) is 0.427. The van der Waals surface area contributed by atoms with Gasteiger partial charge in [0.2, 0.25) is 5.95 Å². The first-order valence-electron chi connectivity index (χ1n) is 5.26. The number of ether oxygens (including phenoxy) is 1. The van der Waals surface area contributed by atoms with E-state index >= 15 is 0 Å². The van der Waals surface area contributed by atoms with Crippen molar-refractivity contribution in [1.82, 2.24) is 14.5 Å². The molecule has 0 aromatic carbocycles. The van der Waals surface area contributed by atoms with Crippen molar-refractivity contribution in [3.63, 3.8) is 0 Å². The van der Waals surface area contributed by atoms with E-state index in [4.69, 9.17) is 16.9 Å². The van der Waals surface area contributed by atoms with E-state index in [-0.39, 0.29) is 5.95 Å². The number of nitrogens with zero attached hydrogens (tertiary/aromatic N) is 3. The lowest BCUT2D eigenvalue weighted by atomic mass is 10.1. The molecular formula is C8H12N4O5. The van der Waals surface area contributed by atoms with Gasteiger partial charge in [-0.25, -0.2) is 9.78 Å². The fourth-order valence-corrected chi connectivity index (χ4v) is 1.49. The Labute approximate surface area is 96.5 Å². The number of nitrogens with two attached hydrogens (primary N) is 1. The molecule has 0 amide bonds. The molecule has 0 spiro atoms. The average molecular weight is 245 g/mol. The summed E-state index contributed by atoms with van der Waals surface area (Å²) >= 11 is 0. The first-order valence-corrected chi connectivity index (χ1v) is 4.76. The molecule has 9 heteroatoms. The highest BCUT2D eigenvalue weighted by Crippen LogP contribution is 2.27. The number of nitrogen functional groups attached to an aromatic ring is 1. The van der Waals surface area contributed by atoms with Crippen LogP contribution < -0.4 is 11.4 Å². The molecule has 94 valence electrons. The molecule has 4 atom stereocenters. The molecule has 1 fully saturated rings. The van der Waals surface area contributed by atoms with Crippen LogP contribution in [0.5, 0.6) is 0 Å². The summed E-state index contributed by atoms with van der Waals surface area (Å²) in [4.78, 5) is 18.4. The zero-order chi connectivity index (χ0) is 13.5. The summed E-state index contributed by atoms with van der Waals surface area (Å²) in [5, 5.41) is 28.2. The van der Waals surface area contributed by atoms with Gasteiger partial charge in [0.1, 0.15) is 24.6 Å². The fraction of sp³-hybridized carbons (Fsp3) is 0.625. The summed E-state index contributed by atoms with van der Waals surface area (Å²) < 4.78 is 13.5. The van der Waals surface area contributed by atoms with Crippen molar-refractivity contribution in [3.05, 3.63) is 16.8 Å². The summed E-state index contributed by atoms with van der Waals surface area (Å²) in [6.45, 7) is -0.608. The largest absolute Gasteiger partial charge is 0.394 e. The third-order valence-electron chi connectivity index (χ3n) is 2.37. The van der Waals surface area contributed by atoms with E-state index in [1.165, 1.54) is 0 Å². The standard InChI is InChI=1S/C8H12N4O5/c9-7-10-2-12(8(16)11-7)6-5(15)4(14)3(1-13)17-6/h2-6,13-15H,1H2,(H2,9,11,16)/t3-,4?,5+,6-/m1/s1/i6D. The van der Waals surface area contributed by atoms with Gasteiger partial charge in [0.25, 0.3) is 0 Å². The van der Waals surface area contributed by atoms with Crippen LogP contribution in [0.25, 0.3) is 0 Å². The normalized spacial score (nSPS) is 38.1. The van der Waals surface area contributed by atoms with Gasteiger partial charge < -0.3 is 25.8 Å². The predicted molar refractivity (Wildman–Crippen MR) is 53.7 cm³/mol. The summed E-state index contributed by atoms with van der Waals surface area (Å²) in [6, 6.07) is 0. The first-order chi connectivity index (χ1) is 8.40. The zero-order valence-corrected chi connectivity index (χ0v) is 8.59. The molecule has 5 N–H and O–H groups in total. The van der Waals surface area contributed by atoms with Crippen LogP contribution in [-0.2, 0) is 4.74 Å². The van der Waals surface area contributed by atoms with Crippen LogP contribution in [-0.4, -0.2) is 54.8 Å². The van der Waals surface area contributed by atoms with Crippen molar-refractivity contribution in [2.24, 2.45) is 0 Å². The second kappa shape index (κ2) is 4.37. The van der Waals surface area contributed by atoms with Gasteiger partial charge in [-0.1, -0.05) is 0 Å². The van der Waals surface area contributed by atoms with E-state index in [9.17, 15) is 15.0 Å². The fourth-order valence-electron chi connectivity index (χ4n) is 1.49. The van der Waals surface area contributed by atoms with Crippen LogP contribution in [0.3, 0.4) is 0 Å². The predicted octanol–water partition coefficient (Wildman–Crippen LogP) is -3.17. The molecule has 0 saturated carbocycles. The monoisotopic (exact) mass is 245 g/mol. The highest BCUT2D eigenvalue weighted by molar-refractivity contribution is 5.10. The van der Waals surface area contributed by atoms with Crippen LogP contribution in [0.15, 0.2) is 11.1 Å². The smallest absolute Gasteiger partial charge is 0.354 e. The lowest BCUT2D eigenvalue weighted by Crippen LogP contribution is -2.36. The molecule has 1 aromatic rings. The van der Waals surface area contributed by atoms with E-state index in [0.717, 1.165) is 6.33 Å². The first kappa shape index (κ1) is 10.6. The van der Waals surface area contributed by atoms with Crippen LogP contribution >= 0.6 is 0 Å². The molecule has 0 bridgehead atoms. The molecule has 1 saturated heterocycles. The van der Waals surface area contributed by atoms with E-state index in [1.54, 1.807) is 0 Å². The summed E-state index contributed by atoms with van der Waals surface area (Å²) in [6.07, 6.45) is -5.84. The second-order valence-electron chi connectivity index (χ2n) is 3.48. The number of aromatic nitrogens is 3. The van der Waals surface area contributed by atoms with Crippen LogP contribution in [0.2, 0.25) is 0 Å². The summed E-state index contributed by atoms with van der Waals surface area (Å²) in [5.74, 6) is -0.286. The molecule has 0 radical (unpaired) electrons. The molecule has 1 aliphatic rings. The molecule has 2 heterocycles. The Morgan fingerprint density at radius 2 is 2.29 bits per heavy atom. The van der Waals surface area contributed by atoms with Crippen molar-refractivity contribution < 1.29 is 21.4 Å². The summed E-state index contributed by atoms with van der Waals surface area (Å²) in [7, 11) is 0. The zero-order valence-electron chi connectivity index (χ0n) is 9.59. The van der Waals surface area contributed by atoms with Gasteiger partial charge in [-0.15, -0.1) is 0 Å². The van der Waals surface area contributed by atoms with Crippen molar-refractivity contribution in [2.75, 3.05) is 12.3 Å². The van der Waals surface area contributed by atoms with Gasteiger partial charge in [-0.2, -0.15) is 4.98 Å². The lowest BCUT2D eigenvalue weighted by molar-refractivity contribution is -0.0554. The third kappa shape index (κ3) is 2.00.